The van der Waals surface area contributed by atoms with Crippen molar-refractivity contribution in [2.45, 2.75) is 58.0 Å². The molecule has 0 aromatic carbocycles. The van der Waals surface area contributed by atoms with E-state index in [4.69, 9.17) is 5.73 Å². The van der Waals surface area contributed by atoms with Gasteiger partial charge in [-0.05, 0) is 69.5 Å². The summed E-state index contributed by atoms with van der Waals surface area (Å²) in [4.78, 5) is 5.44. The van der Waals surface area contributed by atoms with Crippen LogP contribution in [0.4, 0.5) is 0 Å². The maximum atomic E-state index is 6.46. The number of nitrogens with zero attached hydrogens (tertiary/aromatic N) is 2. The Bertz CT molecular complexity index is 301. The Morgan fingerprint density at radius 2 is 1.80 bits per heavy atom. The zero-order valence-corrected chi connectivity index (χ0v) is 13.4. The Morgan fingerprint density at radius 1 is 1.05 bits per heavy atom. The molecule has 0 aromatic heterocycles. The molecule has 2 heterocycles. The monoisotopic (exact) mass is 279 g/mol. The van der Waals surface area contributed by atoms with Crippen LogP contribution >= 0.6 is 0 Å². The van der Waals surface area contributed by atoms with Crippen molar-refractivity contribution in [3.8, 4) is 0 Å². The van der Waals surface area contributed by atoms with Crippen molar-refractivity contribution in [3.63, 3.8) is 0 Å². The third-order valence-corrected chi connectivity index (χ3v) is 6.10. The van der Waals surface area contributed by atoms with Crippen LogP contribution in [0.15, 0.2) is 0 Å². The predicted molar refractivity (Wildman–Crippen MR) is 84.7 cm³/mol. The normalized spacial score (nSPS) is 44.2. The standard InChI is InChI=1S/C17H33N3/c1-13-9-14(2)16(17(18)10-13)12-19-8-5-15(11-19)20-6-3-4-7-20/h13-17H,3-12,18H2,1-2H3. The second-order valence-electron chi connectivity index (χ2n) is 7.83. The zero-order valence-electron chi connectivity index (χ0n) is 13.4. The quantitative estimate of drug-likeness (QED) is 0.859. The average molecular weight is 279 g/mol. The largest absolute Gasteiger partial charge is 0.327 e. The van der Waals surface area contributed by atoms with Crippen LogP contribution < -0.4 is 5.73 Å². The smallest absolute Gasteiger partial charge is 0.0235 e. The van der Waals surface area contributed by atoms with E-state index >= 15 is 0 Å². The number of hydrogen-bond donors (Lipinski definition) is 1. The summed E-state index contributed by atoms with van der Waals surface area (Å²) >= 11 is 0. The van der Waals surface area contributed by atoms with Gasteiger partial charge in [0.15, 0.2) is 0 Å². The van der Waals surface area contributed by atoms with Gasteiger partial charge in [0.05, 0.1) is 0 Å². The molecule has 3 aliphatic rings. The Labute approximate surface area is 124 Å². The first-order chi connectivity index (χ1) is 9.63. The fourth-order valence-corrected chi connectivity index (χ4v) is 4.96. The molecule has 0 radical (unpaired) electrons. The highest BCUT2D eigenvalue weighted by molar-refractivity contribution is 4.91. The van der Waals surface area contributed by atoms with E-state index in [1.807, 2.05) is 0 Å². The molecule has 1 aliphatic carbocycles. The second-order valence-corrected chi connectivity index (χ2v) is 7.83. The van der Waals surface area contributed by atoms with Crippen molar-refractivity contribution < 1.29 is 0 Å². The average Bonchev–Trinajstić information content (AvgIpc) is 3.04. The molecule has 3 heteroatoms. The lowest BCUT2D eigenvalue weighted by atomic mass is 9.72. The van der Waals surface area contributed by atoms with E-state index in [1.54, 1.807) is 0 Å². The van der Waals surface area contributed by atoms with E-state index in [1.165, 1.54) is 64.8 Å². The van der Waals surface area contributed by atoms with Crippen molar-refractivity contribution in [1.82, 2.24) is 9.80 Å². The molecule has 2 N–H and O–H groups in total. The third-order valence-electron chi connectivity index (χ3n) is 6.10. The highest BCUT2D eigenvalue weighted by atomic mass is 15.3. The lowest BCUT2D eigenvalue weighted by Crippen LogP contribution is -2.46. The molecule has 1 saturated carbocycles. The molecule has 3 fully saturated rings. The van der Waals surface area contributed by atoms with Gasteiger partial charge in [0, 0.05) is 25.2 Å². The molecular formula is C17H33N3. The molecule has 2 saturated heterocycles. The summed E-state index contributed by atoms with van der Waals surface area (Å²) in [5, 5.41) is 0. The molecule has 3 nitrogen and oxygen atoms in total. The van der Waals surface area contributed by atoms with E-state index in [0.29, 0.717) is 6.04 Å². The minimum atomic E-state index is 0.430. The summed E-state index contributed by atoms with van der Waals surface area (Å²) in [7, 11) is 0. The lowest BCUT2D eigenvalue weighted by Gasteiger charge is -2.39. The van der Waals surface area contributed by atoms with E-state index in [0.717, 1.165) is 23.8 Å². The van der Waals surface area contributed by atoms with Gasteiger partial charge < -0.3 is 10.6 Å². The first kappa shape index (κ1) is 14.8. The van der Waals surface area contributed by atoms with E-state index in [9.17, 15) is 0 Å². The molecule has 0 aromatic rings. The van der Waals surface area contributed by atoms with Crippen LogP contribution in [0.25, 0.3) is 0 Å². The summed E-state index contributed by atoms with van der Waals surface area (Å²) in [5.74, 6) is 2.36. The van der Waals surface area contributed by atoms with Gasteiger partial charge in [0.25, 0.3) is 0 Å². The molecule has 0 bridgehead atoms. The fraction of sp³-hybridized carbons (Fsp3) is 1.00. The molecule has 116 valence electrons. The zero-order chi connectivity index (χ0) is 14.1. The molecule has 3 rings (SSSR count). The van der Waals surface area contributed by atoms with Crippen LogP contribution in [0, 0.1) is 17.8 Å². The first-order valence-corrected chi connectivity index (χ1v) is 8.85. The van der Waals surface area contributed by atoms with Crippen molar-refractivity contribution in [1.29, 1.82) is 0 Å². The summed E-state index contributed by atoms with van der Waals surface area (Å²) in [5.41, 5.74) is 6.46. The van der Waals surface area contributed by atoms with Crippen LogP contribution in [0.1, 0.15) is 46.0 Å². The van der Waals surface area contributed by atoms with Crippen LogP contribution in [0.2, 0.25) is 0 Å². The minimum Gasteiger partial charge on any atom is -0.327 e. The number of rotatable bonds is 3. The second kappa shape index (κ2) is 6.33. The molecule has 0 amide bonds. The van der Waals surface area contributed by atoms with Crippen molar-refractivity contribution in [3.05, 3.63) is 0 Å². The van der Waals surface area contributed by atoms with Crippen molar-refractivity contribution in [2.75, 3.05) is 32.7 Å². The summed E-state index contributed by atoms with van der Waals surface area (Å²) in [6.45, 7) is 11.3. The van der Waals surface area contributed by atoms with Crippen molar-refractivity contribution >= 4 is 0 Å². The molecule has 5 unspecified atom stereocenters. The van der Waals surface area contributed by atoms with Gasteiger partial charge >= 0.3 is 0 Å². The molecular weight excluding hydrogens is 246 g/mol. The van der Waals surface area contributed by atoms with E-state index in [-0.39, 0.29) is 0 Å². The van der Waals surface area contributed by atoms with Crippen molar-refractivity contribution in [2.24, 2.45) is 23.5 Å². The summed E-state index contributed by atoms with van der Waals surface area (Å²) < 4.78 is 0. The Morgan fingerprint density at radius 3 is 2.50 bits per heavy atom. The summed E-state index contributed by atoms with van der Waals surface area (Å²) in [6.07, 6.45) is 6.82. The number of hydrogen-bond acceptors (Lipinski definition) is 3. The van der Waals surface area contributed by atoms with Gasteiger partial charge in [0.2, 0.25) is 0 Å². The topological polar surface area (TPSA) is 32.5 Å². The first-order valence-electron chi connectivity index (χ1n) is 8.85. The Kier molecular flexibility index (Phi) is 4.68. The Balaban J connectivity index is 1.51. The highest BCUT2D eigenvalue weighted by Gasteiger charge is 2.35. The van der Waals surface area contributed by atoms with Gasteiger partial charge in [-0.25, -0.2) is 0 Å². The van der Waals surface area contributed by atoms with Gasteiger partial charge in [0.1, 0.15) is 0 Å². The minimum absolute atomic E-state index is 0.430. The van der Waals surface area contributed by atoms with Gasteiger partial charge in [-0.15, -0.1) is 0 Å². The molecule has 2 aliphatic heterocycles. The predicted octanol–water partition coefficient (Wildman–Crippen LogP) is 2.17. The van der Waals surface area contributed by atoms with Crippen LogP contribution in [-0.4, -0.2) is 54.6 Å². The summed E-state index contributed by atoms with van der Waals surface area (Å²) in [6, 6.07) is 1.27. The molecule has 5 atom stereocenters. The van der Waals surface area contributed by atoms with Gasteiger partial charge in [-0.1, -0.05) is 13.8 Å². The third kappa shape index (κ3) is 3.20. The fourth-order valence-electron chi connectivity index (χ4n) is 4.96. The van der Waals surface area contributed by atoms with Gasteiger partial charge in [-0.3, -0.25) is 4.90 Å². The van der Waals surface area contributed by atoms with Gasteiger partial charge in [-0.2, -0.15) is 0 Å². The van der Waals surface area contributed by atoms with E-state index in [2.05, 4.69) is 23.6 Å². The SMILES string of the molecule is CC1CC(C)C(CN2CCC(N3CCCC3)C2)C(N)C1. The van der Waals surface area contributed by atoms with Crippen LogP contribution in [0.3, 0.4) is 0 Å². The van der Waals surface area contributed by atoms with Crippen LogP contribution in [-0.2, 0) is 0 Å². The van der Waals surface area contributed by atoms with Crippen LogP contribution in [0.5, 0.6) is 0 Å². The number of nitrogens with two attached hydrogens (primary N) is 1. The maximum absolute atomic E-state index is 6.46. The van der Waals surface area contributed by atoms with E-state index < -0.39 is 0 Å². The molecule has 20 heavy (non-hydrogen) atoms. The number of likely N-dealkylation sites (tertiary alicyclic amines) is 2. The lowest BCUT2D eigenvalue weighted by molar-refractivity contribution is 0.124. The molecule has 0 spiro atoms. The highest BCUT2D eigenvalue weighted by Crippen LogP contribution is 2.34. The Hall–Kier alpha value is -0.120. The maximum Gasteiger partial charge on any atom is 0.0235 e.